The van der Waals surface area contributed by atoms with Gasteiger partial charge in [0, 0.05) is 6.20 Å². The molecule has 0 unspecified atom stereocenters. The molecule has 1 aromatic heterocycles. The minimum atomic E-state index is -3.63. The summed E-state index contributed by atoms with van der Waals surface area (Å²) in [6, 6.07) is 10.5. The van der Waals surface area contributed by atoms with E-state index in [0.717, 1.165) is 11.0 Å². The largest absolute Gasteiger partial charge is 0.264 e. The van der Waals surface area contributed by atoms with Crippen LogP contribution in [-0.4, -0.2) is 18.4 Å². The van der Waals surface area contributed by atoms with Gasteiger partial charge in [-0.3, -0.25) is 4.72 Å². The second kappa shape index (κ2) is 5.81. The number of hydrogen-bond acceptors (Lipinski definition) is 4. The van der Waals surface area contributed by atoms with Crippen LogP contribution in [0.5, 0.6) is 0 Å². The molecule has 98 valence electrons. The summed E-state index contributed by atoms with van der Waals surface area (Å²) in [5, 5.41) is 1.05. The lowest BCUT2D eigenvalue weighted by atomic mass is 10.2. The van der Waals surface area contributed by atoms with Gasteiger partial charge in [0.2, 0.25) is 5.28 Å². The van der Waals surface area contributed by atoms with Gasteiger partial charge < -0.3 is 0 Å². The first-order chi connectivity index (χ1) is 9.05. The third-order valence-electron chi connectivity index (χ3n) is 2.11. The first-order valence-electron chi connectivity index (χ1n) is 5.30. The number of nitrogens with zero attached hydrogens (tertiary/aromatic N) is 2. The maximum atomic E-state index is 11.8. The van der Waals surface area contributed by atoms with Crippen molar-refractivity contribution in [3.63, 3.8) is 0 Å². The molecule has 19 heavy (non-hydrogen) atoms. The molecule has 0 saturated carbocycles. The highest BCUT2D eigenvalue weighted by molar-refractivity contribution is 7.95. The van der Waals surface area contributed by atoms with Crippen molar-refractivity contribution >= 4 is 33.5 Å². The molecule has 5 nitrogen and oxygen atoms in total. The van der Waals surface area contributed by atoms with E-state index in [1.54, 1.807) is 12.1 Å². The molecule has 1 aromatic carbocycles. The van der Waals surface area contributed by atoms with E-state index in [9.17, 15) is 8.42 Å². The van der Waals surface area contributed by atoms with E-state index < -0.39 is 10.0 Å². The van der Waals surface area contributed by atoms with Crippen LogP contribution in [0, 0.1) is 0 Å². The van der Waals surface area contributed by atoms with Crippen molar-refractivity contribution < 1.29 is 8.42 Å². The molecule has 1 N–H and O–H groups in total. The highest BCUT2D eigenvalue weighted by atomic mass is 35.5. The number of sulfonamides is 1. The Morgan fingerprint density at radius 3 is 2.58 bits per heavy atom. The molecule has 0 aliphatic heterocycles. The summed E-state index contributed by atoms with van der Waals surface area (Å²) >= 11 is 5.57. The Balaban J connectivity index is 2.13. The highest BCUT2D eigenvalue weighted by Gasteiger charge is 2.07. The molecule has 2 rings (SSSR count). The number of nitrogens with one attached hydrogen (secondary N) is 1. The van der Waals surface area contributed by atoms with Crippen molar-refractivity contribution in [3.8, 4) is 0 Å². The van der Waals surface area contributed by atoms with E-state index in [2.05, 4.69) is 14.7 Å². The van der Waals surface area contributed by atoms with Crippen LogP contribution in [0.15, 0.2) is 48.0 Å². The minimum absolute atomic E-state index is 0.0211. The smallest absolute Gasteiger partial charge is 0.256 e. The summed E-state index contributed by atoms with van der Waals surface area (Å²) in [5.74, 6) is 0.123. The van der Waals surface area contributed by atoms with Gasteiger partial charge in [-0.15, -0.1) is 0 Å². The summed E-state index contributed by atoms with van der Waals surface area (Å²) in [6.45, 7) is 0. The van der Waals surface area contributed by atoms with Crippen LogP contribution in [0.3, 0.4) is 0 Å². The number of hydrogen-bond donors (Lipinski definition) is 1. The summed E-state index contributed by atoms with van der Waals surface area (Å²) in [4.78, 5) is 7.41. The van der Waals surface area contributed by atoms with Gasteiger partial charge in [0.25, 0.3) is 10.0 Å². The monoisotopic (exact) mass is 295 g/mol. The molecule has 0 atom stereocenters. The van der Waals surface area contributed by atoms with Crippen molar-refractivity contribution in [3.05, 3.63) is 58.9 Å². The van der Waals surface area contributed by atoms with Gasteiger partial charge in [-0.05, 0) is 29.3 Å². The predicted octanol–water partition coefficient (Wildman–Crippen LogP) is 2.54. The van der Waals surface area contributed by atoms with Gasteiger partial charge in [0.1, 0.15) is 5.82 Å². The Kier molecular flexibility index (Phi) is 4.13. The fraction of sp³-hybridized carbons (Fsp3) is 0. The first-order valence-corrected chi connectivity index (χ1v) is 7.22. The Morgan fingerprint density at radius 2 is 1.89 bits per heavy atom. The van der Waals surface area contributed by atoms with Crippen molar-refractivity contribution in [1.82, 2.24) is 9.97 Å². The zero-order valence-electron chi connectivity index (χ0n) is 9.69. The lowest BCUT2D eigenvalue weighted by Crippen LogP contribution is -2.10. The molecule has 0 bridgehead atoms. The fourth-order valence-electron chi connectivity index (χ4n) is 1.30. The summed E-state index contributed by atoms with van der Waals surface area (Å²) in [5.41, 5.74) is 0.786. The first kappa shape index (κ1) is 13.5. The zero-order valence-corrected chi connectivity index (χ0v) is 11.3. The van der Waals surface area contributed by atoms with Gasteiger partial charge in [-0.2, -0.15) is 4.98 Å². The molecular weight excluding hydrogens is 286 g/mol. The SMILES string of the molecule is O=S(=O)(/C=C/c1ccccc1)Nc1ccnc(Cl)n1. The second-order valence-corrected chi connectivity index (χ2v) is 5.48. The molecule has 0 spiro atoms. The van der Waals surface area contributed by atoms with Crippen molar-refractivity contribution in [2.75, 3.05) is 4.72 Å². The summed E-state index contributed by atoms with van der Waals surface area (Å²) in [7, 11) is -3.63. The Bertz CT molecular complexity index is 687. The van der Waals surface area contributed by atoms with E-state index in [1.165, 1.54) is 18.3 Å². The van der Waals surface area contributed by atoms with Crippen LogP contribution in [0.4, 0.5) is 5.82 Å². The molecule has 2 aromatic rings. The molecule has 0 saturated heterocycles. The Hall–Kier alpha value is -1.92. The maximum Gasteiger partial charge on any atom is 0.256 e. The number of benzene rings is 1. The van der Waals surface area contributed by atoms with Gasteiger partial charge in [0.15, 0.2) is 0 Å². The molecule has 7 heteroatoms. The fourth-order valence-corrected chi connectivity index (χ4v) is 2.26. The van der Waals surface area contributed by atoms with Gasteiger partial charge in [-0.25, -0.2) is 13.4 Å². The molecule has 0 fully saturated rings. The standard InChI is InChI=1S/C12H10ClN3O2S/c13-12-14-8-6-11(15-12)16-19(17,18)9-7-10-4-2-1-3-5-10/h1-9H,(H,14,15,16)/b9-7+. The molecule has 0 aliphatic rings. The lowest BCUT2D eigenvalue weighted by Gasteiger charge is -2.02. The molecule has 1 heterocycles. The van der Waals surface area contributed by atoms with E-state index in [4.69, 9.17) is 11.6 Å². The average Bonchev–Trinajstić information content (AvgIpc) is 2.37. The average molecular weight is 296 g/mol. The number of halogens is 1. The Labute approximate surface area is 116 Å². The van der Waals surface area contributed by atoms with Crippen molar-refractivity contribution in [2.24, 2.45) is 0 Å². The second-order valence-electron chi connectivity index (χ2n) is 3.57. The normalized spacial score (nSPS) is 11.6. The topological polar surface area (TPSA) is 72.0 Å². The molecule has 0 aliphatic carbocycles. The predicted molar refractivity (Wildman–Crippen MR) is 75.1 cm³/mol. The van der Waals surface area contributed by atoms with Crippen molar-refractivity contribution in [2.45, 2.75) is 0 Å². The van der Waals surface area contributed by atoms with Crippen LogP contribution in [0.2, 0.25) is 5.28 Å². The molecule has 0 amide bonds. The van der Waals surface area contributed by atoms with E-state index >= 15 is 0 Å². The lowest BCUT2D eigenvalue weighted by molar-refractivity contribution is 0.609. The van der Waals surface area contributed by atoms with E-state index in [-0.39, 0.29) is 11.1 Å². The number of aromatic nitrogens is 2. The van der Waals surface area contributed by atoms with Crippen molar-refractivity contribution in [1.29, 1.82) is 0 Å². The zero-order chi connectivity index (χ0) is 13.7. The third kappa shape index (κ3) is 4.35. The van der Waals surface area contributed by atoms with Crippen LogP contribution >= 0.6 is 11.6 Å². The van der Waals surface area contributed by atoms with E-state index in [0.29, 0.717) is 0 Å². The number of anilines is 1. The van der Waals surface area contributed by atoms with Gasteiger partial charge >= 0.3 is 0 Å². The van der Waals surface area contributed by atoms with Gasteiger partial charge in [-0.1, -0.05) is 30.3 Å². The molecule has 0 radical (unpaired) electrons. The summed E-state index contributed by atoms with van der Waals surface area (Å²) in [6.07, 6.45) is 2.86. The number of rotatable bonds is 4. The third-order valence-corrected chi connectivity index (χ3v) is 3.28. The van der Waals surface area contributed by atoms with Gasteiger partial charge in [0.05, 0.1) is 5.41 Å². The molecular formula is C12H10ClN3O2S. The van der Waals surface area contributed by atoms with Crippen LogP contribution in [0.25, 0.3) is 6.08 Å². The van der Waals surface area contributed by atoms with E-state index in [1.807, 2.05) is 18.2 Å². The van der Waals surface area contributed by atoms with Crippen LogP contribution in [0.1, 0.15) is 5.56 Å². The van der Waals surface area contributed by atoms with Crippen LogP contribution in [-0.2, 0) is 10.0 Å². The quantitative estimate of drug-likeness (QED) is 0.880. The van der Waals surface area contributed by atoms with Crippen LogP contribution < -0.4 is 4.72 Å². The summed E-state index contributed by atoms with van der Waals surface area (Å²) < 4.78 is 25.8. The minimum Gasteiger partial charge on any atom is -0.264 e. The maximum absolute atomic E-state index is 11.8. The highest BCUT2D eigenvalue weighted by Crippen LogP contribution is 2.10. The Morgan fingerprint density at radius 1 is 1.16 bits per heavy atom.